The van der Waals surface area contributed by atoms with Crippen molar-refractivity contribution in [2.75, 3.05) is 0 Å². The van der Waals surface area contributed by atoms with E-state index in [1.165, 1.54) is 0 Å². The summed E-state index contributed by atoms with van der Waals surface area (Å²) in [5, 5.41) is 0.634. The maximum absolute atomic E-state index is 4.89. The normalized spacial score (nSPS) is 14.4. The highest BCUT2D eigenvalue weighted by molar-refractivity contribution is 7.80. The molecule has 0 N–H and O–H groups in total. The van der Waals surface area contributed by atoms with E-state index >= 15 is 0 Å². The maximum atomic E-state index is 4.89. The highest BCUT2D eigenvalue weighted by Crippen LogP contribution is 2.05. The standard InChI is InChI=1S/C6H4N2S/c9-6-7-4-5-2-1-3-8(5)6/h1-4H. The Morgan fingerprint density at radius 3 is 3.22 bits per heavy atom. The van der Waals surface area contributed by atoms with Gasteiger partial charge in [0.15, 0.2) is 0 Å². The molecule has 0 spiro atoms. The van der Waals surface area contributed by atoms with Crippen LogP contribution in [0.5, 0.6) is 0 Å². The monoisotopic (exact) mass is 136 g/mol. The van der Waals surface area contributed by atoms with Crippen LogP contribution in [0.1, 0.15) is 5.69 Å². The smallest absolute Gasteiger partial charge is 0.204 e. The van der Waals surface area contributed by atoms with Gasteiger partial charge >= 0.3 is 0 Å². The minimum absolute atomic E-state index is 0.634. The Labute approximate surface area is 57.8 Å². The fourth-order valence-electron chi connectivity index (χ4n) is 0.857. The third kappa shape index (κ3) is 0.549. The van der Waals surface area contributed by atoms with Crippen LogP contribution >= 0.6 is 12.2 Å². The lowest BCUT2D eigenvalue weighted by molar-refractivity contribution is 1.19. The first-order valence-electron chi connectivity index (χ1n) is 2.64. The number of hydrogen-bond acceptors (Lipinski definition) is 1. The molecule has 1 aromatic rings. The summed E-state index contributed by atoms with van der Waals surface area (Å²) in [6.07, 6.45) is 3.67. The molecule has 9 heavy (non-hydrogen) atoms. The highest BCUT2D eigenvalue weighted by Gasteiger charge is 2.06. The molecule has 2 nitrogen and oxygen atoms in total. The SMILES string of the molecule is S=C1N=Cc2cccn21. The van der Waals surface area contributed by atoms with Gasteiger partial charge in [-0.3, -0.25) is 4.57 Å². The van der Waals surface area contributed by atoms with Crippen molar-refractivity contribution in [3.8, 4) is 0 Å². The molecule has 1 aromatic heterocycles. The Kier molecular flexibility index (Phi) is 0.818. The number of rotatable bonds is 0. The topological polar surface area (TPSA) is 17.3 Å². The van der Waals surface area contributed by atoms with E-state index in [2.05, 4.69) is 4.99 Å². The van der Waals surface area contributed by atoms with E-state index < -0.39 is 0 Å². The first-order valence-corrected chi connectivity index (χ1v) is 3.04. The Morgan fingerprint density at radius 2 is 2.44 bits per heavy atom. The first-order chi connectivity index (χ1) is 4.38. The highest BCUT2D eigenvalue weighted by atomic mass is 32.1. The van der Waals surface area contributed by atoms with Crippen LogP contribution in [0.25, 0.3) is 0 Å². The number of hydrogen-bond donors (Lipinski definition) is 0. The molecule has 0 amide bonds. The van der Waals surface area contributed by atoms with Gasteiger partial charge in [-0.1, -0.05) is 0 Å². The van der Waals surface area contributed by atoms with Crippen molar-refractivity contribution < 1.29 is 0 Å². The summed E-state index contributed by atoms with van der Waals surface area (Å²) in [5.41, 5.74) is 1.07. The van der Waals surface area contributed by atoms with Gasteiger partial charge < -0.3 is 0 Å². The molecule has 0 unspecified atom stereocenters. The van der Waals surface area contributed by atoms with Crippen molar-refractivity contribution in [3.63, 3.8) is 0 Å². The second-order valence-electron chi connectivity index (χ2n) is 1.84. The molecule has 0 aliphatic carbocycles. The summed E-state index contributed by atoms with van der Waals surface area (Å²) in [6, 6.07) is 3.93. The van der Waals surface area contributed by atoms with E-state index in [-0.39, 0.29) is 0 Å². The van der Waals surface area contributed by atoms with Crippen LogP contribution < -0.4 is 0 Å². The van der Waals surface area contributed by atoms with Crippen molar-refractivity contribution >= 4 is 23.5 Å². The summed E-state index contributed by atoms with van der Waals surface area (Å²) in [6.45, 7) is 0. The number of aliphatic imine (C=N–C) groups is 1. The zero-order valence-electron chi connectivity index (χ0n) is 4.61. The lowest BCUT2D eigenvalue weighted by atomic mass is 10.5. The summed E-state index contributed by atoms with van der Waals surface area (Å²) < 4.78 is 1.87. The lowest BCUT2D eigenvalue weighted by Crippen LogP contribution is -1.99. The van der Waals surface area contributed by atoms with Gasteiger partial charge in [0.25, 0.3) is 0 Å². The van der Waals surface area contributed by atoms with Gasteiger partial charge in [0.2, 0.25) is 5.11 Å². The van der Waals surface area contributed by atoms with Crippen molar-refractivity contribution in [2.24, 2.45) is 4.99 Å². The third-order valence-corrected chi connectivity index (χ3v) is 1.60. The molecule has 2 heterocycles. The van der Waals surface area contributed by atoms with Crippen LogP contribution in [0, 0.1) is 0 Å². The fraction of sp³-hybridized carbons (Fsp3) is 0. The van der Waals surface area contributed by atoms with Crippen molar-refractivity contribution in [2.45, 2.75) is 0 Å². The minimum Gasteiger partial charge on any atom is -0.291 e. The second kappa shape index (κ2) is 1.51. The number of nitrogens with zero attached hydrogens (tertiary/aromatic N) is 2. The van der Waals surface area contributed by atoms with Gasteiger partial charge in [-0.05, 0) is 24.4 Å². The van der Waals surface area contributed by atoms with Crippen LogP contribution in [0.2, 0.25) is 0 Å². The average Bonchev–Trinajstić information content (AvgIpc) is 2.35. The van der Waals surface area contributed by atoms with Crippen molar-refractivity contribution in [1.29, 1.82) is 0 Å². The van der Waals surface area contributed by atoms with Gasteiger partial charge in [-0.2, -0.15) is 0 Å². The fourth-order valence-corrected chi connectivity index (χ4v) is 1.08. The van der Waals surface area contributed by atoms with Crippen LogP contribution in [-0.2, 0) is 0 Å². The Balaban J connectivity index is 2.73. The van der Waals surface area contributed by atoms with E-state index in [1.807, 2.05) is 22.9 Å². The molecule has 1 aliphatic heterocycles. The van der Waals surface area contributed by atoms with Crippen LogP contribution in [0.3, 0.4) is 0 Å². The summed E-state index contributed by atoms with van der Waals surface area (Å²) >= 11 is 4.89. The van der Waals surface area contributed by atoms with E-state index in [0.717, 1.165) is 5.69 Å². The molecule has 0 bridgehead atoms. The van der Waals surface area contributed by atoms with Gasteiger partial charge in [-0.15, -0.1) is 0 Å². The van der Waals surface area contributed by atoms with E-state index in [1.54, 1.807) is 6.21 Å². The Hall–Kier alpha value is -0.960. The van der Waals surface area contributed by atoms with Crippen LogP contribution in [0.15, 0.2) is 23.3 Å². The van der Waals surface area contributed by atoms with Crippen LogP contribution in [-0.4, -0.2) is 15.9 Å². The molecule has 0 saturated carbocycles. The first kappa shape index (κ1) is 4.88. The van der Waals surface area contributed by atoms with E-state index in [4.69, 9.17) is 12.2 Å². The predicted molar refractivity (Wildman–Crippen MR) is 40.0 cm³/mol. The third-order valence-electron chi connectivity index (χ3n) is 1.29. The number of thiocarbonyl (C=S) groups is 1. The van der Waals surface area contributed by atoms with Crippen LogP contribution in [0.4, 0.5) is 0 Å². The van der Waals surface area contributed by atoms with Gasteiger partial charge in [-0.25, -0.2) is 4.99 Å². The molecule has 1 aliphatic rings. The maximum Gasteiger partial charge on any atom is 0.204 e. The Bertz CT molecular complexity index is 285. The predicted octanol–water partition coefficient (Wildman–Crippen LogP) is 1.05. The molecule has 0 atom stereocenters. The molecule has 3 heteroatoms. The molecule has 0 saturated heterocycles. The van der Waals surface area contributed by atoms with Crippen molar-refractivity contribution in [1.82, 2.24) is 4.57 Å². The zero-order valence-corrected chi connectivity index (χ0v) is 5.43. The largest absolute Gasteiger partial charge is 0.291 e. The molecule has 0 aromatic carbocycles. The van der Waals surface area contributed by atoms with E-state index in [9.17, 15) is 0 Å². The number of fused-ring (bicyclic) bond motifs is 1. The summed E-state index contributed by atoms with van der Waals surface area (Å²) in [5.74, 6) is 0. The van der Waals surface area contributed by atoms with Gasteiger partial charge in [0.1, 0.15) is 0 Å². The van der Waals surface area contributed by atoms with Gasteiger partial charge in [0.05, 0.1) is 11.9 Å². The molecule has 2 rings (SSSR count). The van der Waals surface area contributed by atoms with Gasteiger partial charge in [0, 0.05) is 6.20 Å². The molecule has 44 valence electrons. The van der Waals surface area contributed by atoms with E-state index in [0.29, 0.717) is 5.11 Å². The zero-order chi connectivity index (χ0) is 6.27. The summed E-state index contributed by atoms with van der Waals surface area (Å²) in [7, 11) is 0. The average molecular weight is 136 g/mol. The Morgan fingerprint density at radius 1 is 1.56 bits per heavy atom. The molecular weight excluding hydrogens is 132 g/mol. The quantitative estimate of drug-likeness (QED) is 0.487. The summed E-state index contributed by atoms with van der Waals surface area (Å²) in [4.78, 5) is 3.93. The second-order valence-corrected chi connectivity index (χ2v) is 2.21. The van der Waals surface area contributed by atoms with Crippen molar-refractivity contribution in [3.05, 3.63) is 24.0 Å². The molecular formula is C6H4N2S. The molecule has 0 radical (unpaired) electrons. The lowest BCUT2D eigenvalue weighted by Gasteiger charge is -1.90. The minimum atomic E-state index is 0.634. The molecule has 0 fully saturated rings. The number of aromatic nitrogens is 1.